The molecule has 1 saturated carbocycles. The Morgan fingerprint density at radius 1 is 1.10 bits per heavy atom. The fourth-order valence-corrected chi connectivity index (χ4v) is 2.67. The van der Waals surface area contributed by atoms with Gasteiger partial charge in [0.25, 0.3) is 0 Å². The lowest BCUT2D eigenvalue weighted by Gasteiger charge is -2.23. The molecule has 0 heterocycles. The summed E-state index contributed by atoms with van der Waals surface area (Å²) in [5.74, 6) is 0.278. The van der Waals surface area contributed by atoms with E-state index in [0.29, 0.717) is 5.56 Å². The summed E-state index contributed by atoms with van der Waals surface area (Å²) in [5, 5.41) is 4.05. The van der Waals surface area contributed by atoms with Gasteiger partial charge < -0.3 is 4.84 Å². The van der Waals surface area contributed by atoms with Crippen LogP contribution >= 0.6 is 0 Å². The van der Waals surface area contributed by atoms with Gasteiger partial charge in [-0.3, -0.25) is 0 Å². The Morgan fingerprint density at radius 2 is 1.70 bits per heavy atom. The number of benzene rings is 1. The van der Waals surface area contributed by atoms with E-state index in [0.717, 1.165) is 43.5 Å². The molecule has 0 saturated heterocycles. The van der Waals surface area contributed by atoms with Crippen molar-refractivity contribution < 1.29 is 18.0 Å². The lowest BCUT2D eigenvalue weighted by Crippen LogP contribution is -2.19. The van der Waals surface area contributed by atoms with E-state index in [1.807, 2.05) is 0 Å². The van der Waals surface area contributed by atoms with Gasteiger partial charge in [0, 0.05) is 5.92 Å². The van der Waals surface area contributed by atoms with Gasteiger partial charge in [-0.2, -0.15) is 13.2 Å². The summed E-state index contributed by atoms with van der Waals surface area (Å²) < 4.78 is 37.7. The lowest BCUT2D eigenvalue weighted by molar-refractivity contribution is -0.137. The van der Waals surface area contributed by atoms with Crippen LogP contribution in [-0.2, 0) is 11.0 Å². The molecule has 5 heteroatoms. The van der Waals surface area contributed by atoms with Crippen LogP contribution in [0.1, 0.15) is 43.2 Å². The predicted octanol–water partition coefficient (Wildman–Crippen LogP) is 4.64. The Labute approximate surface area is 116 Å². The first-order chi connectivity index (χ1) is 9.52. The smallest absolute Gasteiger partial charge is 0.399 e. The van der Waals surface area contributed by atoms with E-state index in [2.05, 4.69) is 5.16 Å². The number of alkyl halides is 3. The SMILES string of the molecule is CO/N=C(/c1ccc(C(F)(F)F)cc1)C1CCCCC1. The van der Waals surface area contributed by atoms with Crippen LogP contribution in [0.3, 0.4) is 0 Å². The highest BCUT2D eigenvalue weighted by atomic mass is 19.4. The van der Waals surface area contributed by atoms with Gasteiger partial charge in [0.05, 0.1) is 11.3 Å². The van der Waals surface area contributed by atoms with Crippen molar-refractivity contribution in [3.63, 3.8) is 0 Å². The molecule has 20 heavy (non-hydrogen) atoms. The van der Waals surface area contributed by atoms with Gasteiger partial charge >= 0.3 is 6.18 Å². The number of halogens is 3. The maximum absolute atomic E-state index is 12.6. The van der Waals surface area contributed by atoms with Crippen molar-refractivity contribution in [3.05, 3.63) is 35.4 Å². The van der Waals surface area contributed by atoms with Crippen LogP contribution in [0.15, 0.2) is 29.4 Å². The molecule has 0 N–H and O–H groups in total. The molecule has 0 bridgehead atoms. The van der Waals surface area contributed by atoms with E-state index in [-0.39, 0.29) is 5.92 Å². The van der Waals surface area contributed by atoms with Crippen LogP contribution in [0.4, 0.5) is 13.2 Å². The molecule has 0 atom stereocenters. The minimum absolute atomic E-state index is 0.278. The molecule has 1 aliphatic carbocycles. The van der Waals surface area contributed by atoms with Crippen molar-refractivity contribution in [2.45, 2.75) is 38.3 Å². The lowest BCUT2D eigenvalue weighted by atomic mass is 9.83. The molecule has 2 nitrogen and oxygen atoms in total. The number of nitrogens with zero attached hydrogens (tertiary/aromatic N) is 1. The molecule has 0 spiro atoms. The monoisotopic (exact) mass is 285 g/mol. The van der Waals surface area contributed by atoms with Crippen molar-refractivity contribution >= 4 is 5.71 Å². The van der Waals surface area contributed by atoms with E-state index >= 15 is 0 Å². The fraction of sp³-hybridized carbons (Fsp3) is 0.533. The van der Waals surface area contributed by atoms with E-state index in [9.17, 15) is 13.2 Å². The third-order valence-corrected chi connectivity index (χ3v) is 3.69. The molecular weight excluding hydrogens is 267 g/mol. The molecular formula is C15H18F3NO. The summed E-state index contributed by atoms with van der Waals surface area (Å²) in [6.07, 6.45) is 1.21. The standard InChI is InChI=1S/C15H18F3NO/c1-20-19-14(11-5-3-2-4-6-11)12-7-9-13(10-8-12)15(16,17)18/h7-11H,2-6H2,1H3/b19-14+. The second kappa shape index (κ2) is 6.29. The van der Waals surface area contributed by atoms with Crippen molar-refractivity contribution in [2.75, 3.05) is 7.11 Å². The molecule has 0 aliphatic heterocycles. The maximum Gasteiger partial charge on any atom is 0.416 e. The third kappa shape index (κ3) is 3.52. The number of oxime groups is 1. The molecule has 0 radical (unpaired) electrons. The molecule has 0 amide bonds. The second-order valence-corrected chi connectivity index (χ2v) is 5.07. The minimum atomic E-state index is -4.30. The van der Waals surface area contributed by atoms with E-state index < -0.39 is 11.7 Å². The zero-order valence-electron chi connectivity index (χ0n) is 11.4. The Bertz CT molecular complexity index is 459. The first kappa shape index (κ1) is 14.9. The van der Waals surface area contributed by atoms with Crippen molar-refractivity contribution in [2.24, 2.45) is 11.1 Å². The van der Waals surface area contributed by atoms with E-state index in [1.54, 1.807) is 0 Å². The first-order valence-corrected chi connectivity index (χ1v) is 6.81. The highest BCUT2D eigenvalue weighted by Gasteiger charge is 2.30. The van der Waals surface area contributed by atoms with Gasteiger partial charge in [-0.05, 0) is 30.5 Å². The van der Waals surface area contributed by atoms with Crippen molar-refractivity contribution in [3.8, 4) is 0 Å². The third-order valence-electron chi connectivity index (χ3n) is 3.69. The summed E-state index contributed by atoms with van der Waals surface area (Å²) in [5.41, 5.74) is 0.842. The Balaban J connectivity index is 2.23. The van der Waals surface area contributed by atoms with Crippen molar-refractivity contribution in [1.82, 2.24) is 0 Å². The van der Waals surface area contributed by atoms with Gasteiger partial charge in [-0.25, -0.2) is 0 Å². The van der Waals surface area contributed by atoms with Gasteiger partial charge in [-0.1, -0.05) is 36.6 Å². The van der Waals surface area contributed by atoms with Gasteiger partial charge in [0.2, 0.25) is 0 Å². The summed E-state index contributed by atoms with van der Waals surface area (Å²) in [4.78, 5) is 4.87. The van der Waals surface area contributed by atoms with Gasteiger partial charge in [0.1, 0.15) is 7.11 Å². The molecule has 1 aliphatic rings. The molecule has 1 aromatic rings. The highest BCUT2D eigenvalue weighted by molar-refractivity contribution is 6.02. The average molecular weight is 285 g/mol. The predicted molar refractivity (Wildman–Crippen MR) is 71.6 cm³/mol. The summed E-state index contributed by atoms with van der Waals surface area (Å²) in [6, 6.07) is 5.16. The fourth-order valence-electron chi connectivity index (χ4n) is 2.67. The van der Waals surface area contributed by atoms with E-state index in [4.69, 9.17) is 4.84 Å². The summed E-state index contributed by atoms with van der Waals surface area (Å²) in [6.45, 7) is 0. The zero-order valence-corrected chi connectivity index (χ0v) is 11.4. The van der Waals surface area contributed by atoms with Crippen LogP contribution in [0.5, 0.6) is 0 Å². The molecule has 1 fully saturated rings. The normalized spacial score (nSPS) is 18.1. The van der Waals surface area contributed by atoms with Crippen LogP contribution in [-0.4, -0.2) is 12.8 Å². The topological polar surface area (TPSA) is 21.6 Å². The Kier molecular flexibility index (Phi) is 4.68. The molecule has 2 rings (SSSR count). The quantitative estimate of drug-likeness (QED) is 0.586. The van der Waals surface area contributed by atoms with E-state index in [1.165, 1.54) is 25.7 Å². The largest absolute Gasteiger partial charge is 0.416 e. The molecule has 1 aromatic carbocycles. The first-order valence-electron chi connectivity index (χ1n) is 6.81. The minimum Gasteiger partial charge on any atom is -0.399 e. The molecule has 0 unspecified atom stereocenters. The van der Waals surface area contributed by atoms with Crippen molar-refractivity contribution in [1.29, 1.82) is 0 Å². The van der Waals surface area contributed by atoms with Crippen LogP contribution < -0.4 is 0 Å². The average Bonchev–Trinajstić information content (AvgIpc) is 2.45. The Morgan fingerprint density at radius 3 is 2.20 bits per heavy atom. The molecule has 110 valence electrons. The maximum atomic E-state index is 12.6. The second-order valence-electron chi connectivity index (χ2n) is 5.07. The van der Waals surface area contributed by atoms with Crippen LogP contribution in [0.2, 0.25) is 0 Å². The summed E-state index contributed by atoms with van der Waals surface area (Å²) >= 11 is 0. The number of hydrogen-bond acceptors (Lipinski definition) is 2. The number of hydrogen-bond donors (Lipinski definition) is 0. The van der Waals surface area contributed by atoms with Gasteiger partial charge in [0.15, 0.2) is 0 Å². The molecule has 0 aromatic heterocycles. The van der Waals surface area contributed by atoms with Crippen LogP contribution in [0, 0.1) is 5.92 Å². The highest BCUT2D eigenvalue weighted by Crippen LogP contribution is 2.31. The zero-order chi connectivity index (χ0) is 14.6. The Hall–Kier alpha value is -1.52. The summed E-state index contributed by atoms with van der Waals surface area (Å²) in [7, 11) is 1.47. The number of rotatable bonds is 3. The van der Waals surface area contributed by atoms with Crippen LogP contribution in [0.25, 0.3) is 0 Å². The van der Waals surface area contributed by atoms with Gasteiger partial charge in [-0.15, -0.1) is 0 Å².